The molecule has 0 aromatic heterocycles. The Hall–Kier alpha value is -1.15. The molecule has 26 heavy (non-hydrogen) atoms. The van der Waals surface area contributed by atoms with E-state index >= 15 is 0 Å². The van der Waals surface area contributed by atoms with Crippen molar-refractivity contribution in [1.82, 2.24) is 9.62 Å². The maximum Gasteiger partial charge on any atom is 0.243 e. The zero-order valence-corrected chi connectivity index (χ0v) is 16.4. The van der Waals surface area contributed by atoms with E-state index in [1.807, 2.05) is 24.3 Å². The Bertz CT molecular complexity index is 848. The van der Waals surface area contributed by atoms with E-state index in [-0.39, 0.29) is 21.5 Å². The van der Waals surface area contributed by atoms with Gasteiger partial charge in [0.15, 0.2) is 0 Å². The fourth-order valence-electron chi connectivity index (χ4n) is 2.85. The molecule has 1 aliphatic heterocycles. The molecule has 1 aliphatic rings. The molecule has 3 rings (SSSR count). The Labute approximate surface area is 163 Å². The number of morpholine rings is 1. The van der Waals surface area contributed by atoms with Crippen LogP contribution in [0, 0.1) is 0 Å². The first-order valence-electron chi connectivity index (χ1n) is 8.27. The normalized spacial score (nSPS) is 15.9. The van der Waals surface area contributed by atoms with Crippen LogP contribution in [0.15, 0.2) is 47.4 Å². The van der Waals surface area contributed by atoms with Gasteiger partial charge in [-0.05, 0) is 23.3 Å². The topological polar surface area (TPSA) is 58.6 Å². The van der Waals surface area contributed by atoms with Crippen molar-refractivity contribution < 1.29 is 13.2 Å². The molecule has 0 aliphatic carbocycles. The average molecular weight is 415 g/mol. The largest absolute Gasteiger partial charge is 0.379 e. The third kappa shape index (κ3) is 4.97. The van der Waals surface area contributed by atoms with Crippen LogP contribution in [0.4, 0.5) is 0 Å². The summed E-state index contributed by atoms with van der Waals surface area (Å²) in [5.74, 6) is 0. The van der Waals surface area contributed by atoms with Crippen molar-refractivity contribution in [2.45, 2.75) is 18.0 Å². The number of benzene rings is 2. The molecule has 1 heterocycles. The second-order valence-electron chi connectivity index (χ2n) is 6.08. The Morgan fingerprint density at radius 2 is 1.62 bits per heavy atom. The van der Waals surface area contributed by atoms with Crippen LogP contribution in [0.25, 0.3) is 0 Å². The third-order valence-corrected chi connectivity index (χ3v) is 6.51. The fraction of sp³-hybridized carbons (Fsp3) is 0.333. The molecule has 8 heteroatoms. The van der Waals surface area contributed by atoms with Crippen LogP contribution in [-0.4, -0.2) is 39.6 Å². The number of nitrogens with one attached hydrogen (secondary N) is 1. The highest BCUT2D eigenvalue weighted by atomic mass is 35.5. The van der Waals surface area contributed by atoms with Gasteiger partial charge in [-0.2, -0.15) is 0 Å². The summed E-state index contributed by atoms with van der Waals surface area (Å²) in [7, 11) is -3.80. The predicted octanol–water partition coefficient (Wildman–Crippen LogP) is 3.30. The van der Waals surface area contributed by atoms with Gasteiger partial charge in [0, 0.05) is 26.2 Å². The van der Waals surface area contributed by atoms with Gasteiger partial charge in [-0.1, -0.05) is 53.5 Å². The van der Waals surface area contributed by atoms with E-state index in [9.17, 15) is 8.42 Å². The lowest BCUT2D eigenvalue weighted by molar-refractivity contribution is 0.0342. The van der Waals surface area contributed by atoms with Gasteiger partial charge in [0.05, 0.1) is 23.3 Å². The molecule has 1 saturated heterocycles. The zero-order chi connectivity index (χ0) is 18.6. The minimum Gasteiger partial charge on any atom is -0.379 e. The summed E-state index contributed by atoms with van der Waals surface area (Å²) < 4.78 is 33.0. The van der Waals surface area contributed by atoms with Gasteiger partial charge in [-0.25, -0.2) is 13.1 Å². The average Bonchev–Trinajstić information content (AvgIpc) is 2.61. The molecule has 140 valence electrons. The SMILES string of the molecule is O=S(=O)(NCc1cccc(CN2CCOCC2)c1)c1c(Cl)cccc1Cl. The van der Waals surface area contributed by atoms with Crippen LogP contribution in [0.3, 0.4) is 0 Å². The fourth-order valence-corrected chi connectivity index (χ4v) is 5.00. The summed E-state index contributed by atoms with van der Waals surface area (Å²) in [5.41, 5.74) is 2.02. The van der Waals surface area contributed by atoms with Crippen LogP contribution in [0.5, 0.6) is 0 Å². The Balaban J connectivity index is 1.68. The van der Waals surface area contributed by atoms with Crippen molar-refractivity contribution in [3.8, 4) is 0 Å². The number of hydrogen-bond donors (Lipinski definition) is 1. The lowest BCUT2D eigenvalue weighted by atomic mass is 10.1. The monoisotopic (exact) mass is 414 g/mol. The highest BCUT2D eigenvalue weighted by Gasteiger charge is 2.21. The molecule has 2 aromatic rings. The van der Waals surface area contributed by atoms with Gasteiger partial charge < -0.3 is 4.74 Å². The van der Waals surface area contributed by atoms with Gasteiger partial charge in [-0.3, -0.25) is 4.90 Å². The minimum atomic E-state index is -3.80. The summed E-state index contributed by atoms with van der Waals surface area (Å²) in [5, 5.41) is 0.206. The quantitative estimate of drug-likeness (QED) is 0.787. The predicted molar refractivity (Wildman–Crippen MR) is 103 cm³/mol. The molecule has 2 aromatic carbocycles. The van der Waals surface area contributed by atoms with Crippen molar-refractivity contribution in [2.24, 2.45) is 0 Å². The van der Waals surface area contributed by atoms with E-state index in [4.69, 9.17) is 27.9 Å². The van der Waals surface area contributed by atoms with Crippen LogP contribution >= 0.6 is 23.2 Å². The molecule has 0 saturated carbocycles. The summed E-state index contributed by atoms with van der Waals surface area (Å²) in [6, 6.07) is 12.5. The molecule has 1 fully saturated rings. The summed E-state index contributed by atoms with van der Waals surface area (Å²) >= 11 is 12.0. The molecule has 0 amide bonds. The second kappa shape index (κ2) is 8.69. The highest BCUT2D eigenvalue weighted by Crippen LogP contribution is 2.28. The number of sulfonamides is 1. The minimum absolute atomic E-state index is 0.0900. The lowest BCUT2D eigenvalue weighted by Gasteiger charge is -2.26. The Morgan fingerprint density at radius 3 is 2.31 bits per heavy atom. The van der Waals surface area contributed by atoms with Gasteiger partial charge in [-0.15, -0.1) is 0 Å². The van der Waals surface area contributed by atoms with E-state index in [0.717, 1.165) is 44.0 Å². The maximum absolute atomic E-state index is 12.5. The molecule has 0 radical (unpaired) electrons. The van der Waals surface area contributed by atoms with Crippen molar-refractivity contribution in [3.63, 3.8) is 0 Å². The van der Waals surface area contributed by atoms with Crippen molar-refractivity contribution >= 4 is 33.2 Å². The van der Waals surface area contributed by atoms with Crippen molar-refractivity contribution in [1.29, 1.82) is 0 Å². The van der Waals surface area contributed by atoms with E-state index in [1.54, 1.807) is 6.07 Å². The van der Waals surface area contributed by atoms with E-state index in [1.165, 1.54) is 12.1 Å². The number of ether oxygens (including phenoxy) is 1. The smallest absolute Gasteiger partial charge is 0.243 e. The van der Waals surface area contributed by atoms with Gasteiger partial charge in [0.2, 0.25) is 10.0 Å². The summed E-state index contributed by atoms with van der Waals surface area (Å²) in [6.45, 7) is 4.29. The summed E-state index contributed by atoms with van der Waals surface area (Å²) in [4.78, 5) is 2.23. The Morgan fingerprint density at radius 1 is 1.00 bits per heavy atom. The number of nitrogens with zero attached hydrogens (tertiary/aromatic N) is 1. The molecule has 0 spiro atoms. The molecular weight excluding hydrogens is 395 g/mol. The van der Waals surface area contributed by atoms with Gasteiger partial charge in [0.25, 0.3) is 0 Å². The first-order chi connectivity index (χ1) is 12.5. The maximum atomic E-state index is 12.5. The van der Waals surface area contributed by atoms with Gasteiger partial charge in [0.1, 0.15) is 4.90 Å². The van der Waals surface area contributed by atoms with Gasteiger partial charge >= 0.3 is 0 Å². The number of halogens is 2. The second-order valence-corrected chi connectivity index (χ2v) is 8.60. The molecule has 0 bridgehead atoms. The molecule has 5 nitrogen and oxygen atoms in total. The first kappa shape index (κ1) is 19.6. The van der Waals surface area contributed by atoms with Crippen molar-refractivity contribution in [2.75, 3.05) is 26.3 Å². The van der Waals surface area contributed by atoms with Crippen molar-refractivity contribution in [3.05, 3.63) is 63.6 Å². The zero-order valence-electron chi connectivity index (χ0n) is 14.1. The van der Waals surface area contributed by atoms with Crippen LogP contribution in [0.2, 0.25) is 10.0 Å². The standard InChI is InChI=1S/C18H20Cl2N2O3S/c19-16-5-2-6-17(20)18(16)26(23,24)21-12-14-3-1-4-15(11-14)13-22-7-9-25-10-8-22/h1-6,11,21H,7-10,12-13H2. The van der Waals surface area contributed by atoms with Crippen LogP contribution in [-0.2, 0) is 27.8 Å². The first-order valence-corrected chi connectivity index (χ1v) is 10.5. The van der Waals surface area contributed by atoms with E-state index in [2.05, 4.69) is 9.62 Å². The van der Waals surface area contributed by atoms with E-state index < -0.39 is 10.0 Å². The third-order valence-electron chi connectivity index (χ3n) is 4.16. The molecule has 0 unspecified atom stereocenters. The van der Waals surface area contributed by atoms with Crippen LogP contribution in [0.1, 0.15) is 11.1 Å². The molecule has 0 atom stereocenters. The van der Waals surface area contributed by atoms with Crippen LogP contribution < -0.4 is 4.72 Å². The molecule has 1 N–H and O–H groups in total. The lowest BCUT2D eigenvalue weighted by Crippen LogP contribution is -2.35. The number of rotatable bonds is 6. The Kier molecular flexibility index (Phi) is 6.55. The summed E-state index contributed by atoms with van der Waals surface area (Å²) in [6.07, 6.45) is 0. The van der Waals surface area contributed by atoms with E-state index in [0.29, 0.717) is 0 Å². The number of hydrogen-bond acceptors (Lipinski definition) is 4. The molecular formula is C18H20Cl2N2O3S. The highest BCUT2D eigenvalue weighted by molar-refractivity contribution is 7.89.